The van der Waals surface area contributed by atoms with E-state index in [1.807, 2.05) is 31.2 Å². The molecule has 1 fully saturated rings. The van der Waals surface area contributed by atoms with Gasteiger partial charge in [0.25, 0.3) is 0 Å². The van der Waals surface area contributed by atoms with Gasteiger partial charge in [-0.1, -0.05) is 47.1 Å². The first-order valence-corrected chi connectivity index (χ1v) is 9.42. The third kappa shape index (κ3) is 4.78. The normalized spacial score (nSPS) is 18.0. The molecule has 0 saturated carbocycles. The molecular formula is C18H15Cl2N3O2S. The van der Waals surface area contributed by atoms with Gasteiger partial charge >= 0.3 is 0 Å². The van der Waals surface area contributed by atoms with Crippen LogP contribution in [0.5, 0.6) is 0 Å². The first-order valence-electron chi connectivity index (χ1n) is 7.78. The number of thioether (sulfide) groups is 1. The Labute approximate surface area is 165 Å². The number of amides is 2. The van der Waals surface area contributed by atoms with Crippen molar-refractivity contribution >= 4 is 63.3 Å². The summed E-state index contributed by atoms with van der Waals surface area (Å²) in [6.45, 7) is 1.97. The largest absolute Gasteiger partial charge is 0.326 e. The molecule has 0 radical (unpaired) electrons. The molecule has 1 heterocycles. The Morgan fingerprint density at radius 1 is 1.23 bits per heavy atom. The monoisotopic (exact) mass is 407 g/mol. The molecule has 1 aliphatic heterocycles. The average molecular weight is 408 g/mol. The molecule has 3 rings (SSSR count). The van der Waals surface area contributed by atoms with Gasteiger partial charge in [-0.05, 0) is 42.8 Å². The highest BCUT2D eigenvalue weighted by Crippen LogP contribution is 2.27. The molecule has 2 aromatic carbocycles. The van der Waals surface area contributed by atoms with Crippen LogP contribution < -0.4 is 10.6 Å². The van der Waals surface area contributed by atoms with Crippen molar-refractivity contribution in [3.63, 3.8) is 0 Å². The number of aliphatic imine (C=N–C) groups is 1. The molecule has 134 valence electrons. The van der Waals surface area contributed by atoms with Crippen molar-refractivity contribution in [2.75, 3.05) is 5.32 Å². The smallest absolute Gasteiger partial charge is 0.240 e. The molecule has 2 N–H and O–H groups in total. The molecule has 1 saturated heterocycles. The van der Waals surface area contributed by atoms with E-state index in [-0.39, 0.29) is 18.2 Å². The van der Waals surface area contributed by atoms with E-state index >= 15 is 0 Å². The van der Waals surface area contributed by atoms with E-state index in [0.717, 1.165) is 11.3 Å². The zero-order chi connectivity index (χ0) is 18.7. The summed E-state index contributed by atoms with van der Waals surface area (Å²) in [7, 11) is 0. The van der Waals surface area contributed by atoms with Gasteiger partial charge in [0.2, 0.25) is 11.8 Å². The lowest BCUT2D eigenvalue weighted by molar-refractivity contribution is -0.122. The van der Waals surface area contributed by atoms with Crippen LogP contribution in [0.2, 0.25) is 10.0 Å². The molecular weight excluding hydrogens is 393 g/mol. The first-order chi connectivity index (χ1) is 12.4. The van der Waals surface area contributed by atoms with Crippen molar-refractivity contribution in [2.24, 2.45) is 4.99 Å². The van der Waals surface area contributed by atoms with Crippen LogP contribution in [0.25, 0.3) is 0 Å². The molecule has 0 bridgehead atoms. The van der Waals surface area contributed by atoms with E-state index in [2.05, 4.69) is 15.6 Å². The first kappa shape index (κ1) is 18.8. The Morgan fingerprint density at radius 2 is 2.04 bits per heavy atom. The number of nitrogens with one attached hydrogen (secondary N) is 2. The Kier molecular flexibility index (Phi) is 5.86. The summed E-state index contributed by atoms with van der Waals surface area (Å²) in [5.41, 5.74) is 2.37. The quantitative estimate of drug-likeness (QED) is 0.780. The Bertz CT molecular complexity index is 902. The number of benzene rings is 2. The molecule has 1 atom stereocenters. The van der Waals surface area contributed by atoms with Crippen molar-refractivity contribution < 1.29 is 9.59 Å². The Balaban J connectivity index is 1.62. The number of carbonyl (C=O) groups excluding carboxylic acids is 2. The molecule has 0 aromatic heterocycles. The minimum atomic E-state index is -0.527. The Morgan fingerprint density at radius 3 is 2.77 bits per heavy atom. The minimum absolute atomic E-state index is 0.0313. The predicted octanol–water partition coefficient (Wildman–Crippen LogP) is 4.55. The Hall–Kier alpha value is -2.02. The highest BCUT2D eigenvalue weighted by atomic mass is 35.5. The van der Waals surface area contributed by atoms with Crippen LogP contribution in [0.1, 0.15) is 12.0 Å². The maximum absolute atomic E-state index is 12.2. The lowest BCUT2D eigenvalue weighted by Crippen LogP contribution is -2.28. The average Bonchev–Trinajstić information content (AvgIpc) is 2.90. The highest BCUT2D eigenvalue weighted by Gasteiger charge is 2.32. The van der Waals surface area contributed by atoms with Gasteiger partial charge in [-0.25, -0.2) is 4.99 Å². The number of halogens is 2. The predicted molar refractivity (Wildman–Crippen MR) is 108 cm³/mol. The second-order valence-corrected chi connectivity index (χ2v) is 7.74. The number of carbonyl (C=O) groups is 2. The number of rotatable bonds is 4. The van der Waals surface area contributed by atoms with E-state index < -0.39 is 5.25 Å². The molecule has 26 heavy (non-hydrogen) atoms. The maximum atomic E-state index is 12.2. The van der Waals surface area contributed by atoms with Crippen molar-refractivity contribution in [1.29, 1.82) is 0 Å². The molecule has 2 aromatic rings. The number of hydrogen-bond donors (Lipinski definition) is 2. The van der Waals surface area contributed by atoms with Gasteiger partial charge in [-0.2, -0.15) is 0 Å². The maximum Gasteiger partial charge on any atom is 0.240 e. The summed E-state index contributed by atoms with van der Waals surface area (Å²) in [5.74, 6) is -0.515. The molecule has 0 spiro atoms. The zero-order valence-electron chi connectivity index (χ0n) is 13.8. The van der Waals surface area contributed by atoms with Gasteiger partial charge in [0.1, 0.15) is 5.25 Å². The fraction of sp³-hybridized carbons (Fsp3) is 0.167. The zero-order valence-corrected chi connectivity index (χ0v) is 16.1. The molecule has 1 aliphatic rings. The summed E-state index contributed by atoms with van der Waals surface area (Å²) in [4.78, 5) is 28.7. The summed E-state index contributed by atoms with van der Waals surface area (Å²) in [5, 5.41) is 6.16. The summed E-state index contributed by atoms with van der Waals surface area (Å²) >= 11 is 13.0. The lowest BCUT2D eigenvalue weighted by Gasteiger charge is -2.08. The van der Waals surface area contributed by atoms with E-state index in [1.54, 1.807) is 18.2 Å². The van der Waals surface area contributed by atoms with Gasteiger partial charge in [-0.3, -0.25) is 9.59 Å². The lowest BCUT2D eigenvalue weighted by atomic mass is 10.2. The van der Waals surface area contributed by atoms with Crippen LogP contribution in [-0.2, 0) is 9.59 Å². The van der Waals surface area contributed by atoms with Crippen molar-refractivity contribution in [2.45, 2.75) is 18.6 Å². The molecule has 0 unspecified atom stereocenters. The van der Waals surface area contributed by atoms with E-state index in [9.17, 15) is 9.59 Å². The number of hydrogen-bond acceptors (Lipinski definition) is 4. The third-order valence-electron chi connectivity index (χ3n) is 3.58. The highest BCUT2D eigenvalue weighted by molar-refractivity contribution is 8.15. The van der Waals surface area contributed by atoms with Crippen LogP contribution >= 0.6 is 35.0 Å². The van der Waals surface area contributed by atoms with E-state index in [4.69, 9.17) is 23.2 Å². The van der Waals surface area contributed by atoms with Crippen LogP contribution in [0, 0.1) is 6.92 Å². The van der Waals surface area contributed by atoms with Gasteiger partial charge in [0.15, 0.2) is 5.17 Å². The molecule has 0 aliphatic carbocycles. The van der Waals surface area contributed by atoms with E-state index in [0.29, 0.717) is 20.9 Å². The van der Waals surface area contributed by atoms with Crippen molar-refractivity contribution in [3.05, 3.63) is 58.1 Å². The number of aryl methyl sites for hydroxylation is 1. The van der Waals surface area contributed by atoms with Crippen LogP contribution in [0.3, 0.4) is 0 Å². The van der Waals surface area contributed by atoms with Crippen LogP contribution in [0.15, 0.2) is 47.5 Å². The van der Waals surface area contributed by atoms with Crippen LogP contribution in [-0.4, -0.2) is 22.2 Å². The molecule has 2 amide bonds. The van der Waals surface area contributed by atoms with Gasteiger partial charge in [0.05, 0.1) is 15.7 Å². The SMILES string of the molecule is Cc1cccc(N=C2NC(=O)[C@H](CC(=O)Nc3ccc(Cl)c(Cl)c3)S2)c1. The van der Waals surface area contributed by atoms with Gasteiger partial charge in [-0.15, -0.1) is 0 Å². The summed E-state index contributed by atoms with van der Waals surface area (Å²) in [6, 6.07) is 12.5. The topological polar surface area (TPSA) is 70.6 Å². The van der Waals surface area contributed by atoms with Crippen molar-refractivity contribution in [3.8, 4) is 0 Å². The standard InChI is InChI=1S/C18H15Cl2N3O2S/c1-10-3-2-4-11(7-10)22-18-23-17(25)15(26-18)9-16(24)21-12-5-6-13(19)14(20)8-12/h2-8,15H,9H2,1H3,(H,21,24)(H,22,23,25)/t15-/m0/s1. The summed E-state index contributed by atoms with van der Waals surface area (Å²) < 4.78 is 0. The second-order valence-electron chi connectivity index (χ2n) is 5.73. The van der Waals surface area contributed by atoms with Gasteiger partial charge in [0, 0.05) is 12.1 Å². The van der Waals surface area contributed by atoms with Crippen molar-refractivity contribution in [1.82, 2.24) is 5.32 Å². The van der Waals surface area contributed by atoms with Crippen LogP contribution in [0.4, 0.5) is 11.4 Å². The molecule has 5 nitrogen and oxygen atoms in total. The van der Waals surface area contributed by atoms with E-state index in [1.165, 1.54) is 11.8 Å². The third-order valence-corrected chi connectivity index (χ3v) is 5.40. The summed E-state index contributed by atoms with van der Waals surface area (Å²) in [6.07, 6.45) is 0.0313. The van der Waals surface area contributed by atoms with Gasteiger partial charge < -0.3 is 10.6 Å². The number of anilines is 1. The number of nitrogens with zero attached hydrogens (tertiary/aromatic N) is 1. The second kappa shape index (κ2) is 8.12. The fourth-order valence-electron chi connectivity index (χ4n) is 2.36. The minimum Gasteiger partial charge on any atom is -0.326 e. The number of amidine groups is 1. The fourth-order valence-corrected chi connectivity index (χ4v) is 3.65. The molecule has 8 heteroatoms.